The quantitative estimate of drug-likeness (QED) is 0.523. The van der Waals surface area contributed by atoms with E-state index >= 15 is 4.39 Å². The number of hydrogen-bond acceptors (Lipinski definition) is 4. The van der Waals surface area contributed by atoms with Gasteiger partial charge >= 0.3 is 0 Å². The van der Waals surface area contributed by atoms with Crippen LogP contribution in [0.1, 0.15) is 45.2 Å². The highest BCUT2D eigenvalue weighted by atomic mass is 35.5. The molecule has 5 nitrogen and oxygen atoms in total. The largest absolute Gasteiger partial charge is 0.453 e. The van der Waals surface area contributed by atoms with Gasteiger partial charge in [-0.3, -0.25) is 4.79 Å². The second kappa shape index (κ2) is 11.1. The third-order valence-electron chi connectivity index (χ3n) is 4.48. The summed E-state index contributed by atoms with van der Waals surface area (Å²) in [5.74, 6) is -0.218. The smallest absolute Gasteiger partial charge is 0.221 e. The minimum atomic E-state index is -0.522. The molecule has 2 rings (SSSR count). The Balaban J connectivity index is 2.14. The first-order valence-corrected chi connectivity index (χ1v) is 10.1. The fourth-order valence-corrected chi connectivity index (χ4v) is 3.19. The van der Waals surface area contributed by atoms with Gasteiger partial charge in [0.25, 0.3) is 0 Å². The van der Waals surface area contributed by atoms with Gasteiger partial charge in [-0.25, -0.2) is 4.39 Å². The fraction of sp³-hybridized carbons (Fsp3) is 0.409. The van der Waals surface area contributed by atoms with Crippen LogP contribution < -0.4 is 15.4 Å². The number of nitrogens with one attached hydrogen (secondary N) is 2. The Bertz CT molecular complexity index is 804. The van der Waals surface area contributed by atoms with Gasteiger partial charge < -0.3 is 20.5 Å². The van der Waals surface area contributed by atoms with Crippen molar-refractivity contribution >= 4 is 17.5 Å². The molecule has 0 saturated carbocycles. The molecule has 0 aliphatic rings. The molecule has 1 amide bonds. The molecule has 0 unspecified atom stereocenters. The molecular weight excluding hydrogens is 395 g/mol. The molecule has 0 heterocycles. The van der Waals surface area contributed by atoms with E-state index in [9.17, 15) is 4.79 Å². The highest BCUT2D eigenvalue weighted by Crippen LogP contribution is 2.36. The van der Waals surface area contributed by atoms with Crippen LogP contribution in [-0.2, 0) is 4.79 Å². The van der Waals surface area contributed by atoms with E-state index in [4.69, 9.17) is 21.4 Å². The highest BCUT2D eigenvalue weighted by Gasteiger charge is 2.22. The molecule has 158 valence electrons. The van der Waals surface area contributed by atoms with Gasteiger partial charge in [0, 0.05) is 30.1 Å². The molecule has 3 N–H and O–H groups in total. The van der Waals surface area contributed by atoms with Crippen molar-refractivity contribution in [3.05, 3.63) is 58.9 Å². The molecule has 0 saturated heterocycles. The van der Waals surface area contributed by atoms with Crippen molar-refractivity contribution in [2.45, 2.75) is 51.7 Å². The average Bonchev–Trinajstić information content (AvgIpc) is 2.70. The van der Waals surface area contributed by atoms with E-state index in [1.54, 1.807) is 43.3 Å². The summed E-state index contributed by atoms with van der Waals surface area (Å²) < 4.78 is 20.9. The first-order chi connectivity index (χ1) is 13.8. The summed E-state index contributed by atoms with van der Waals surface area (Å²) in [6.45, 7) is 5.40. The summed E-state index contributed by atoms with van der Waals surface area (Å²) in [5, 5.41) is 15.2. The third kappa shape index (κ3) is 6.70. The number of halogens is 2. The van der Waals surface area contributed by atoms with Crippen molar-refractivity contribution in [3.8, 4) is 11.5 Å². The zero-order chi connectivity index (χ0) is 21.4. The van der Waals surface area contributed by atoms with Crippen molar-refractivity contribution in [3.63, 3.8) is 0 Å². The molecule has 29 heavy (non-hydrogen) atoms. The van der Waals surface area contributed by atoms with E-state index in [2.05, 4.69) is 10.6 Å². The van der Waals surface area contributed by atoms with Crippen LogP contribution in [0.3, 0.4) is 0 Å². The SMILES string of the molecule is CC[C@@H](N[C@H](C)CC(=O)N[C@@H](C)CO)c1ccc(Cl)c(Oc2ccccc2)c1F. The van der Waals surface area contributed by atoms with E-state index < -0.39 is 5.82 Å². The number of carbonyl (C=O) groups excluding carboxylic acids is 1. The van der Waals surface area contributed by atoms with Crippen molar-refractivity contribution < 1.29 is 19.0 Å². The number of aliphatic hydroxyl groups excluding tert-OH is 1. The molecular formula is C22H28ClFN2O3. The minimum absolute atomic E-state index is 0.0159. The number of para-hydroxylation sites is 1. The Hall–Kier alpha value is -2.15. The fourth-order valence-electron chi connectivity index (χ4n) is 3.00. The van der Waals surface area contributed by atoms with Crippen LogP contribution in [0.4, 0.5) is 4.39 Å². The second-order valence-corrected chi connectivity index (χ2v) is 7.49. The van der Waals surface area contributed by atoms with Gasteiger partial charge in [0.05, 0.1) is 11.6 Å². The predicted molar refractivity (Wildman–Crippen MR) is 113 cm³/mol. The lowest BCUT2D eigenvalue weighted by Crippen LogP contribution is -2.40. The average molecular weight is 423 g/mol. The summed E-state index contributed by atoms with van der Waals surface area (Å²) in [6, 6.07) is 11.3. The van der Waals surface area contributed by atoms with Crippen LogP contribution in [0.5, 0.6) is 11.5 Å². The van der Waals surface area contributed by atoms with Crippen molar-refractivity contribution in [2.24, 2.45) is 0 Å². The maximum absolute atomic E-state index is 15.2. The Morgan fingerprint density at radius 3 is 2.48 bits per heavy atom. The van der Waals surface area contributed by atoms with E-state index in [1.807, 2.05) is 19.9 Å². The summed E-state index contributed by atoms with van der Waals surface area (Å²) in [7, 11) is 0. The number of hydrogen-bond donors (Lipinski definition) is 3. The van der Waals surface area contributed by atoms with E-state index in [1.165, 1.54) is 0 Å². The summed E-state index contributed by atoms with van der Waals surface area (Å²) in [4.78, 5) is 12.0. The maximum Gasteiger partial charge on any atom is 0.221 e. The molecule has 3 atom stereocenters. The summed E-state index contributed by atoms with van der Waals surface area (Å²) in [6.07, 6.45) is 0.825. The number of benzene rings is 2. The molecule has 0 spiro atoms. The molecule has 7 heteroatoms. The standard InChI is InChI=1S/C22H28ClFN2O3/c1-4-19(25-14(2)12-20(28)26-15(3)13-27)17-10-11-18(23)22(21(17)24)29-16-8-6-5-7-9-16/h5-11,14-15,19,25,27H,4,12-13H2,1-3H3,(H,26,28)/t14-,15+,19-/m1/s1. The molecule has 0 aromatic heterocycles. The molecule has 0 fully saturated rings. The molecule has 0 radical (unpaired) electrons. The van der Waals surface area contributed by atoms with Crippen LogP contribution in [0.2, 0.25) is 5.02 Å². The normalized spacial score (nSPS) is 14.1. The van der Waals surface area contributed by atoms with Gasteiger partial charge in [-0.05, 0) is 38.5 Å². The molecule has 0 aliphatic carbocycles. The first kappa shape index (κ1) is 23.1. The van der Waals surface area contributed by atoms with Crippen LogP contribution in [0.15, 0.2) is 42.5 Å². The highest BCUT2D eigenvalue weighted by molar-refractivity contribution is 6.32. The molecule has 2 aromatic rings. The number of amides is 1. The van der Waals surface area contributed by atoms with Gasteiger partial charge in [0.15, 0.2) is 11.6 Å². The first-order valence-electron chi connectivity index (χ1n) is 9.72. The summed E-state index contributed by atoms with van der Waals surface area (Å²) >= 11 is 6.18. The van der Waals surface area contributed by atoms with Gasteiger partial charge in [-0.15, -0.1) is 0 Å². The maximum atomic E-state index is 15.2. The Labute approximate surface area is 176 Å². The van der Waals surface area contributed by atoms with E-state index in [-0.39, 0.29) is 47.8 Å². The minimum Gasteiger partial charge on any atom is -0.453 e. The number of carbonyl (C=O) groups is 1. The van der Waals surface area contributed by atoms with Gasteiger partial charge in [0.2, 0.25) is 5.91 Å². The van der Waals surface area contributed by atoms with Crippen molar-refractivity contribution in [2.75, 3.05) is 6.61 Å². The summed E-state index contributed by atoms with van der Waals surface area (Å²) in [5.41, 5.74) is 0.429. The third-order valence-corrected chi connectivity index (χ3v) is 4.78. The van der Waals surface area contributed by atoms with Crippen LogP contribution in [0.25, 0.3) is 0 Å². The number of rotatable bonds is 10. The van der Waals surface area contributed by atoms with Crippen LogP contribution in [-0.4, -0.2) is 29.7 Å². The molecule has 0 bridgehead atoms. The van der Waals surface area contributed by atoms with Crippen LogP contribution in [0, 0.1) is 5.82 Å². The zero-order valence-corrected chi connectivity index (χ0v) is 17.7. The monoisotopic (exact) mass is 422 g/mol. The Morgan fingerprint density at radius 2 is 1.86 bits per heavy atom. The van der Waals surface area contributed by atoms with Crippen molar-refractivity contribution in [1.29, 1.82) is 0 Å². The predicted octanol–water partition coefficient (Wildman–Crippen LogP) is 4.59. The van der Waals surface area contributed by atoms with Crippen LogP contribution >= 0.6 is 11.6 Å². The number of ether oxygens (including phenoxy) is 1. The van der Waals surface area contributed by atoms with E-state index in [0.717, 1.165) is 0 Å². The van der Waals surface area contributed by atoms with Gasteiger partial charge in [-0.1, -0.05) is 42.8 Å². The topological polar surface area (TPSA) is 70.6 Å². The number of aliphatic hydroxyl groups is 1. The Kier molecular flexibility index (Phi) is 8.89. The lowest BCUT2D eigenvalue weighted by atomic mass is 10.0. The van der Waals surface area contributed by atoms with Gasteiger partial charge in [-0.2, -0.15) is 0 Å². The lowest BCUT2D eigenvalue weighted by Gasteiger charge is -2.24. The molecule has 0 aliphatic heterocycles. The van der Waals surface area contributed by atoms with E-state index in [0.29, 0.717) is 17.7 Å². The van der Waals surface area contributed by atoms with Crippen molar-refractivity contribution in [1.82, 2.24) is 10.6 Å². The Morgan fingerprint density at radius 1 is 1.17 bits per heavy atom. The zero-order valence-electron chi connectivity index (χ0n) is 16.9. The van der Waals surface area contributed by atoms with Gasteiger partial charge in [0.1, 0.15) is 5.75 Å². The second-order valence-electron chi connectivity index (χ2n) is 7.08. The molecule has 2 aromatic carbocycles. The lowest BCUT2D eigenvalue weighted by molar-refractivity contribution is -0.122.